The minimum atomic E-state index is -1.17. The Morgan fingerprint density at radius 3 is 1.50 bits per heavy atom. The van der Waals surface area contributed by atoms with Crippen LogP contribution >= 0.6 is 0 Å². The van der Waals surface area contributed by atoms with Crippen LogP contribution in [0.2, 0.25) is 0 Å². The average Bonchev–Trinajstić information content (AvgIpc) is 1.79. The maximum atomic E-state index is 9.72. The molecule has 0 atom stereocenters. The minimum absolute atomic E-state index is 1.17. The van der Waals surface area contributed by atoms with E-state index in [1.54, 1.807) is 0 Å². The first-order valence-corrected chi connectivity index (χ1v) is 1.96. The zero-order chi connectivity index (χ0) is 7.98. The topological polar surface area (TPSA) is 129 Å². The SMILES string of the molecule is NC(=O)O/N=N/OC(N)=O. The molecule has 0 aliphatic rings. The standard InChI is InChI=1S/C2H4N4O4/c3-1(7)9-5-6-10-2(4)8/h(H2,3,7)(H2,4,8)/b6-5+. The zero-order valence-corrected chi connectivity index (χ0v) is 4.68. The monoisotopic (exact) mass is 148 g/mol. The van der Waals surface area contributed by atoms with Gasteiger partial charge in [0.15, 0.2) is 0 Å². The zero-order valence-electron chi connectivity index (χ0n) is 4.68. The molecule has 0 saturated heterocycles. The minimum Gasteiger partial charge on any atom is -0.333 e. The van der Waals surface area contributed by atoms with Crippen LogP contribution in [0.4, 0.5) is 9.59 Å². The van der Waals surface area contributed by atoms with E-state index < -0.39 is 12.2 Å². The molecule has 0 spiro atoms. The Bertz CT molecular complexity index is 147. The van der Waals surface area contributed by atoms with Gasteiger partial charge in [0.2, 0.25) is 0 Å². The van der Waals surface area contributed by atoms with Crippen molar-refractivity contribution >= 4 is 12.2 Å². The Labute approximate surface area is 54.7 Å². The Balaban J connectivity index is 3.38. The molecule has 0 aliphatic carbocycles. The molecule has 8 nitrogen and oxygen atoms in total. The molecular weight excluding hydrogens is 144 g/mol. The summed E-state index contributed by atoms with van der Waals surface area (Å²) < 4.78 is 0. The van der Waals surface area contributed by atoms with Gasteiger partial charge in [-0.05, 0) is 0 Å². The highest BCUT2D eigenvalue weighted by molar-refractivity contribution is 5.64. The second-order valence-electron chi connectivity index (χ2n) is 0.984. The molecule has 0 rings (SSSR count). The van der Waals surface area contributed by atoms with Crippen molar-refractivity contribution in [3.8, 4) is 0 Å². The van der Waals surface area contributed by atoms with Gasteiger partial charge in [0.1, 0.15) is 0 Å². The van der Waals surface area contributed by atoms with Crippen LogP contribution in [0.25, 0.3) is 0 Å². The summed E-state index contributed by atoms with van der Waals surface area (Å²) in [5, 5.41) is 5.08. The molecule has 56 valence electrons. The normalized spacial score (nSPS) is 9.20. The molecule has 0 saturated carbocycles. The van der Waals surface area contributed by atoms with Crippen molar-refractivity contribution in [1.29, 1.82) is 0 Å². The predicted molar refractivity (Wildman–Crippen MR) is 26.2 cm³/mol. The van der Waals surface area contributed by atoms with Gasteiger partial charge in [0, 0.05) is 0 Å². The number of amides is 2. The van der Waals surface area contributed by atoms with Crippen molar-refractivity contribution in [2.24, 2.45) is 22.0 Å². The van der Waals surface area contributed by atoms with Gasteiger partial charge >= 0.3 is 12.2 Å². The molecule has 0 aliphatic heterocycles. The third kappa shape index (κ3) is 6.14. The summed E-state index contributed by atoms with van der Waals surface area (Å²) in [6.45, 7) is 0. The van der Waals surface area contributed by atoms with Gasteiger partial charge in [0.25, 0.3) is 0 Å². The van der Waals surface area contributed by atoms with Crippen LogP contribution in [0.1, 0.15) is 0 Å². The first-order valence-electron chi connectivity index (χ1n) is 1.96. The highest BCUT2D eigenvalue weighted by Gasteiger charge is 1.90. The Morgan fingerprint density at radius 2 is 1.30 bits per heavy atom. The van der Waals surface area contributed by atoms with Crippen molar-refractivity contribution in [3.05, 3.63) is 0 Å². The van der Waals surface area contributed by atoms with Gasteiger partial charge in [-0.3, -0.25) is 9.68 Å². The lowest BCUT2D eigenvalue weighted by atomic mass is 11.3. The van der Waals surface area contributed by atoms with Crippen LogP contribution in [0.3, 0.4) is 0 Å². The number of carbonyl (C=O) groups is 2. The van der Waals surface area contributed by atoms with E-state index >= 15 is 0 Å². The van der Waals surface area contributed by atoms with Crippen LogP contribution in [0, 0.1) is 0 Å². The Kier molecular flexibility index (Phi) is 3.31. The van der Waals surface area contributed by atoms with Gasteiger partial charge in [0.05, 0.1) is 10.6 Å². The largest absolute Gasteiger partial charge is 0.432 e. The van der Waals surface area contributed by atoms with E-state index in [9.17, 15) is 9.59 Å². The van der Waals surface area contributed by atoms with Crippen LogP contribution in [-0.4, -0.2) is 12.2 Å². The fourth-order valence-corrected chi connectivity index (χ4v) is 0.114. The number of primary amides is 2. The molecule has 0 aromatic rings. The molecule has 0 aromatic carbocycles. The second kappa shape index (κ2) is 4.06. The lowest BCUT2D eigenvalue weighted by molar-refractivity contribution is 0.100. The molecule has 0 unspecified atom stereocenters. The second-order valence-corrected chi connectivity index (χ2v) is 0.984. The average molecular weight is 148 g/mol. The molecular formula is C2H4N4O4. The first kappa shape index (κ1) is 8.14. The number of nitrogens with zero attached hydrogens (tertiary/aromatic N) is 2. The molecule has 8 heteroatoms. The third-order valence-corrected chi connectivity index (χ3v) is 0.295. The molecule has 10 heavy (non-hydrogen) atoms. The summed E-state index contributed by atoms with van der Waals surface area (Å²) in [6.07, 6.45) is -2.34. The van der Waals surface area contributed by atoms with Crippen molar-refractivity contribution in [3.63, 3.8) is 0 Å². The molecule has 0 radical (unpaired) electrons. The van der Waals surface area contributed by atoms with E-state index in [1.807, 2.05) is 0 Å². The van der Waals surface area contributed by atoms with E-state index in [4.69, 9.17) is 0 Å². The summed E-state index contributed by atoms with van der Waals surface area (Å²) in [4.78, 5) is 26.8. The van der Waals surface area contributed by atoms with Gasteiger partial charge in [-0.2, -0.15) is 0 Å². The van der Waals surface area contributed by atoms with Crippen LogP contribution in [0.15, 0.2) is 10.6 Å². The maximum Gasteiger partial charge on any atom is 0.432 e. The van der Waals surface area contributed by atoms with Crippen molar-refractivity contribution in [2.75, 3.05) is 0 Å². The van der Waals surface area contributed by atoms with Gasteiger partial charge < -0.3 is 11.5 Å². The van der Waals surface area contributed by atoms with Gasteiger partial charge in [-0.25, -0.2) is 9.59 Å². The fraction of sp³-hybridized carbons (Fsp3) is 0. The Morgan fingerprint density at radius 1 is 1.00 bits per heavy atom. The molecule has 2 amide bonds. The molecule has 4 N–H and O–H groups in total. The quantitative estimate of drug-likeness (QED) is 0.402. The highest BCUT2D eigenvalue weighted by Crippen LogP contribution is 1.80. The van der Waals surface area contributed by atoms with Crippen LogP contribution in [0.5, 0.6) is 0 Å². The van der Waals surface area contributed by atoms with Gasteiger partial charge in [-0.1, -0.05) is 0 Å². The number of hydrogen-bond acceptors (Lipinski definition) is 6. The predicted octanol–water partition coefficient (Wildman–Crippen LogP) is -0.541. The lowest BCUT2D eigenvalue weighted by Crippen LogP contribution is -2.10. The van der Waals surface area contributed by atoms with E-state index in [0.717, 1.165) is 0 Å². The number of nitrogens with two attached hydrogens (primary N) is 2. The first-order chi connectivity index (χ1) is 4.63. The van der Waals surface area contributed by atoms with Gasteiger partial charge in [-0.15, -0.1) is 0 Å². The fourth-order valence-electron chi connectivity index (χ4n) is 0.114. The van der Waals surface area contributed by atoms with Crippen molar-refractivity contribution in [2.45, 2.75) is 0 Å². The lowest BCUT2D eigenvalue weighted by Gasteiger charge is -1.85. The Hall–Kier alpha value is -1.86. The van der Waals surface area contributed by atoms with Crippen LogP contribution < -0.4 is 11.5 Å². The smallest absolute Gasteiger partial charge is 0.333 e. The summed E-state index contributed by atoms with van der Waals surface area (Å²) in [5.41, 5.74) is 8.85. The van der Waals surface area contributed by atoms with E-state index in [-0.39, 0.29) is 0 Å². The third-order valence-electron chi connectivity index (χ3n) is 0.295. The summed E-state index contributed by atoms with van der Waals surface area (Å²) >= 11 is 0. The number of rotatable bonds is 2. The van der Waals surface area contributed by atoms with Crippen LogP contribution in [-0.2, 0) is 9.68 Å². The van der Waals surface area contributed by atoms with Crippen molar-refractivity contribution in [1.82, 2.24) is 0 Å². The maximum absolute atomic E-state index is 9.72. The van der Waals surface area contributed by atoms with Crippen molar-refractivity contribution < 1.29 is 19.3 Å². The summed E-state index contributed by atoms with van der Waals surface area (Å²) in [7, 11) is 0. The molecule has 0 heterocycles. The van der Waals surface area contributed by atoms with E-state index in [1.165, 1.54) is 0 Å². The number of carbonyl (C=O) groups excluding carboxylic acids is 2. The molecule has 0 aromatic heterocycles. The highest BCUT2D eigenvalue weighted by atomic mass is 16.8. The number of hydrogen-bond donors (Lipinski definition) is 2. The molecule has 0 fully saturated rings. The molecule has 0 bridgehead atoms. The van der Waals surface area contributed by atoms with E-state index in [2.05, 4.69) is 31.7 Å². The summed E-state index contributed by atoms with van der Waals surface area (Å²) in [6, 6.07) is 0. The van der Waals surface area contributed by atoms with E-state index in [0.29, 0.717) is 0 Å². The summed E-state index contributed by atoms with van der Waals surface area (Å²) in [5.74, 6) is 0.